The molecule has 1 atom stereocenters. The van der Waals surface area contributed by atoms with Crippen molar-refractivity contribution >= 4 is 21.7 Å². The van der Waals surface area contributed by atoms with Gasteiger partial charge < -0.3 is 4.74 Å². The molecule has 2 N–H and O–H groups in total. The van der Waals surface area contributed by atoms with Gasteiger partial charge in [-0.2, -0.15) is 0 Å². The summed E-state index contributed by atoms with van der Waals surface area (Å²) in [5.41, 5.74) is 1.05. The third-order valence-corrected chi connectivity index (χ3v) is 3.16. The molecule has 16 heavy (non-hydrogen) atoms. The Kier molecular flexibility index (Phi) is 3.78. The van der Waals surface area contributed by atoms with Gasteiger partial charge in [0.05, 0.1) is 0 Å². The lowest BCUT2D eigenvalue weighted by Gasteiger charge is -2.31. The topological polar surface area (TPSA) is 51.4 Å². The average Bonchev–Trinajstić information content (AvgIpc) is 2.29. The van der Waals surface area contributed by atoms with Gasteiger partial charge in [0.1, 0.15) is 12.0 Å². The van der Waals surface area contributed by atoms with Crippen molar-refractivity contribution in [1.29, 1.82) is 0 Å². The SMILES string of the molecule is Cc1cc(Br)cnc1N(N)C1CCCCO1. The summed E-state index contributed by atoms with van der Waals surface area (Å²) in [4.78, 5) is 4.33. The number of aromatic nitrogens is 1. The second-order valence-electron chi connectivity index (χ2n) is 4.02. The molecule has 1 aromatic rings. The third kappa shape index (κ3) is 2.53. The van der Waals surface area contributed by atoms with Crippen LogP contribution in [0.1, 0.15) is 24.8 Å². The Morgan fingerprint density at radius 1 is 1.56 bits per heavy atom. The fourth-order valence-corrected chi connectivity index (χ4v) is 2.33. The van der Waals surface area contributed by atoms with Crippen LogP contribution in [0.4, 0.5) is 5.82 Å². The molecule has 1 aliphatic heterocycles. The monoisotopic (exact) mass is 285 g/mol. The zero-order valence-corrected chi connectivity index (χ0v) is 10.9. The van der Waals surface area contributed by atoms with E-state index >= 15 is 0 Å². The van der Waals surface area contributed by atoms with Crippen molar-refractivity contribution in [1.82, 2.24) is 4.98 Å². The summed E-state index contributed by atoms with van der Waals surface area (Å²) in [6.07, 6.45) is 4.96. The molecule has 0 bridgehead atoms. The standard InChI is InChI=1S/C11H16BrN3O/c1-8-6-9(12)7-14-11(8)15(13)10-4-2-3-5-16-10/h6-7,10H,2-5,13H2,1H3. The van der Waals surface area contributed by atoms with E-state index < -0.39 is 0 Å². The van der Waals surface area contributed by atoms with Gasteiger partial charge in [0.15, 0.2) is 0 Å². The number of aryl methyl sites for hydroxylation is 1. The zero-order valence-electron chi connectivity index (χ0n) is 9.32. The molecule has 1 aliphatic rings. The van der Waals surface area contributed by atoms with Gasteiger partial charge in [-0.25, -0.2) is 10.8 Å². The van der Waals surface area contributed by atoms with Crippen LogP contribution in [0.15, 0.2) is 16.7 Å². The van der Waals surface area contributed by atoms with Gasteiger partial charge in [-0.15, -0.1) is 0 Å². The van der Waals surface area contributed by atoms with Gasteiger partial charge in [0.25, 0.3) is 0 Å². The minimum atomic E-state index is -0.0406. The summed E-state index contributed by atoms with van der Waals surface area (Å²) >= 11 is 3.39. The van der Waals surface area contributed by atoms with Crippen LogP contribution in [-0.2, 0) is 4.74 Å². The molecule has 88 valence electrons. The maximum atomic E-state index is 6.05. The van der Waals surface area contributed by atoms with Gasteiger partial charge in [-0.05, 0) is 53.7 Å². The number of anilines is 1. The van der Waals surface area contributed by atoms with E-state index in [4.69, 9.17) is 10.6 Å². The van der Waals surface area contributed by atoms with Crippen LogP contribution in [0.2, 0.25) is 0 Å². The lowest BCUT2D eigenvalue weighted by Crippen LogP contribution is -2.45. The van der Waals surface area contributed by atoms with E-state index in [0.29, 0.717) is 0 Å². The molecule has 1 unspecified atom stereocenters. The van der Waals surface area contributed by atoms with Gasteiger partial charge >= 0.3 is 0 Å². The highest BCUT2D eigenvalue weighted by molar-refractivity contribution is 9.10. The molecular formula is C11H16BrN3O. The van der Waals surface area contributed by atoms with Gasteiger partial charge in [0, 0.05) is 17.3 Å². The van der Waals surface area contributed by atoms with Crippen LogP contribution in [0.3, 0.4) is 0 Å². The van der Waals surface area contributed by atoms with Crippen molar-refractivity contribution in [3.05, 3.63) is 22.3 Å². The number of halogens is 1. The molecular weight excluding hydrogens is 270 g/mol. The molecule has 1 aromatic heterocycles. The first-order valence-electron chi connectivity index (χ1n) is 5.46. The Morgan fingerprint density at radius 3 is 3.00 bits per heavy atom. The highest BCUT2D eigenvalue weighted by Crippen LogP contribution is 2.23. The number of nitrogens with two attached hydrogens (primary N) is 1. The molecule has 0 aromatic carbocycles. The van der Waals surface area contributed by atoms with Crippen LogP contribution >= 0.6 is 15.9 Å². The molecule has 1 saturated heterocycles. The second-order valence-corrected chi connectivity index (χ2v) is 4.94. The Balaban J connectivity index is 2.15. The molecule has 2 heterocycles. The van der Waals surface area contributed by atoms with Crippen molar-refractivity contribution in [3.63, 3.8) is 0 Å². The number of nitrogens with zero attached hydrogens (tertiary/aromatic N) is 2. The zero-order chi connectivity index (χ0) is 11.5. The Hall–Kier alpha value is -0.650. The van der Waals surface area contributed by atoms with Crippen molar-refractivity contribution in [2.45, 2.75) is 32.4 Å². The molecule has 2 rings (SSSR count). The number of pyridine rings is 1. The van der Waals surface area contributed by atoms with Gasteiger partial charge in [0.2, 0.25) is 0 Å². The third-order valence-electron chi connectivity index (χ3n) is 2.73. The maximum Gasteiger partial charge on any atom is 0.147 e. The van der Waals surface area contributed by atoms with Gasteiger partial charge in [-0.3, -0.25) is 5.01 Å². The van der Waals surface area contributed by atoms with E-state index in [0.717, 1.165) is 41.7 Å². The average molecular weight is 286 g/mol. The number of ether oxygens (including phenoxy) is 1. The maximum absolute atomic E-state index is 6.05. The van der Waals surface area contributed by atoms with E-state index in [1.165, 1.54) is 0 Å². The molecule has 0 aliphatic carbocycles. The predicted octanol–water partition coefficient (Wildman–Crippen LogP) is 2.36. The van der Waals surface area contributed by atoms with E-state index in [9.17, 15) is 0 Å². The number of hydrogen-bond donors (Lipinski definition) is 1. The normalized spacial score (nSPS) is 20.8. The van der Waals surface area contributed by atoms with Crippen LogP contribution in [-0.4, -0.2) is 17.8 Å². The van der Waals surface area contributed by atoms with E-state index in [2.05, 4.69) is 20.9 Å². The Bertz CT molecular complexity index is 366. The lowest BCUT2D eigenvalue weighted by atomic mass is 10.2. The Morgan fingerprint density at radius 2 is 2.38 bits per heavy atom. The quantitative estimate of drug-likeness (QED) is 0.670. The van der Waals surface area contributed by atoms with Crippen LogP contribution in [0.25, 0.3) is 0 Å². The van der Waals surface area contributed by atoms with Gasteiger partial charge in [-0.1, -0.05) is 0 Å². The first-order chi connectivity index (χ1) is 7.68. The minimum Gasteiger partial charge on any atom is -0.357 e. The fourth-order valence-electron chi connectivity index (χ4n) is 1.88. The second kappa shape index (κ2) is 5.12. The lowest BCUT2D eigenvalue weighted by molar-refractivity contribution is 0.0136. The summed E-state index contributed by atoms with van der Waals surface area (Å²) in [6.45, 7) is 2.78. The Labute approximate surface area is 104 Å². The highest BCUT2D eigenvalue weighted by Gasteiger charge is 2.21. The highest BCUT2D eigenvalue weighted by atomic mass is 79.9. The number of hydrazine groups is 1. The summed E-state index contributed by atoms with van der Waals surface area (Å²) < 4.78 is 6.59. The minimum absolute atomic E-state index is 0.0406. The van der Waals surface area contributed by atoms with E-state index in [1.54, 1.807) is 11.2 Å². The van der Waals surface area contributed by atoms with E-state index in [-0.39, 0.29) is 6.23 Å². The molecule has 0 saturated carbocycles. The summed E-state index contributed by atoms with van der Waals surface area (Å²) in [6, 6.07) is 2.00. The molecule has 0 radical (unpaired) electrons. The molecule has 4 nitrogen and oxygen atoms in total. The molecule has 0 amide bonds. The number of hydrogen-bond acceptors (Lipinski definition) is 4. The van der Waals surface area contributed by atoms with Crippen molar-refractivity contribution in [2.24, 2.45) is 5.84 Å². The first kappa shape index (κ1) is 11.8. The summed E-state index contributed by atoms with van der Waals surface area (Å²) in [7, 11) is 0. The summed E-state index contributed by atoms with van der Waals surface area (Å²) in [5, 5.41) is 1.64. The van der Waals surface area contributed by atoms with Crippen molar-refractivity contribution < 1.29 is 4.74 Å². The predicted molar refractivity (Wildman–Crippen MR) is 66.9 cm³/mol. The largest absolute Gasteiger partial charge is 0.357 e. The van der Waals surface area contributed by atoms with Crippen LogP contribution in [0, 0.1) is 6.92 Å². The van der Waals surface area contributed by atoms with Crippen LogP contribution < -0.4 is 10.9 Å². The number of rotatable bonds is 2. The van der Waals surface area contributed by atoms with Crippen molar-refractivity contribution in [3.8, 4) is 0 Å². The fraction of sp³-hybridized carbons (Fsp3) is 0.545. The molecule has 0 spiro atoms. The molecule has 1 fully saturated rings. The van der Waals surface area contributed by atoms with E-state index in [1.807, 2.05) is 13.0 Å². The molecule has 5 heteroatoms. The first-order valence-corrected chi connectivity index (χ1v) is 6.25. The smallest absolute Gasteiger partial charge is 0.147 e. The van der Waals surface area contributed by atoms with Crippen molar-refractivity contribution in [2.75, 3.05) is 11.6 Å². The van der Waals surface area contributed by atoms with Crippen LogP contribution in [0.5, 0.6) is 0 Å². The summed E-state index contributed by atoms with van der Waals surface area (Å²) in [5.74, 6) is 6.84.